The SMILES string of the molecule is COCC1CCCN(C(=O)c2ccc(-c3c(OC)cc(C)cc3OC)nc2)C1. The first-order valence-electron chi connectivity index (χ1n) is 9.54. The van der Waals surface area contributed by atoms with Gasteiger partial charge in [-0.05, 0) is 55.5 Å². The standard InChI is InChI=1S/C22H28N2O4/c1-15-10-19(27-3)21(20(11-15)28-4)18-8-7-17(12-23-18)22(25)24-9-5-6-16(13-24)14-26-2/h7-8,10-12,16H,5-6,9,13-14H2,1-4H3. The van der Waals surface area contributed by atoms with E-state index < -0.39 is 0 Å². The Hall–Kier alpha value is -2.60. The maximum Gasteiger partial charge on any atom is 0.255 e. The van der Waals surface area contributed by atoms with Crippen LogP contribution in [0.3, 0.4) is 0 Å². The number of rotatable bonds is 6. The van der Waals surface area contributed by atoms with Gasteiger partial charge in [0.05, 0.1) is 37.6 Å². The molecule has 0 aliphatic carbocycles. The third-order valence-electron chi connectivity index (χ3n) is 5.13. The predicted octanol–water partition coefficient (Wildman–Crippen LogP) is 3.57. The van der Waals surface area contributed by atoms with Crippen LogP contribution in [-0.2, 0) is 4.74 Å². The van der Waals surface area contributed by atoms with Crippen molar-refractivity contribution in [2.24, 2.45) is 5.92 Å². The van der Waals surface area contributed by atoms with Crippen LogP contribution in [0, 0.1) is 12.8 Å². The van der Waals surface area contributed by atoms with E-state index in [0.29, 0.717) is 35.3 Å². The van der Waals surface area contributed by atoms with Crippen LogP contribution in [0.5, 0.6) is 11.5 Å². The summed E-state index contributed by atoms with van der Waals surface area (Å²) in [6, 6.07) is 7.56. The number of carbonyl (C=O) groups excluding carboxylic acids is 1. The molecule has 0 radical (unpaired) electrons. The summed E-state index contributed by atoms with van der Waals surface area (Å²) in [5, 5.41) is 0. The minimum atomic E-state index is 0.0164. The molecule has 1 aliphatic rings. The molecule has 1 fully saturated rings. The van der Waals surface area contributed by atoms with Gasteiger partial charge in [0.1, 0.15) is 11.5 Å². The maximum atomic E-state index is 12.9. The van der Waals surface area contributed by atoms with Gasteiger partial charge in [-0.3, -0.25) is 9.78 Å². The van der Waals surface area contributed by atoms with Gasteiger partial charge in [-0.15, -0.1) is 0 Å². The fraction of sp³-hybridized carbons (Fsp3) is 0.455. The van der Waals surface area contributed by atoms with Crippen molar-refractivity contribution in [3.05, 3.63) is 41.6 Å². The zero-order valence-corrected chi connectivity index (χ0v) is 17.0. The lowest BCUT2D eigenvalue weighted by atomic mass is 9.98. The molecule has 2 aromatic rings. The first-order chi connectivity index (χ1) is 13.6. The van der Waals surface area contributed by atoms with Gasteiger partial charge < -0.3 is 19.1 Å². The molecule has 3 rings (SSSR count). The fourth-order valence-corrected chi connectivity index (χ4v) is 3.77. The van der Waals surface area contributed by atoms with Gasteiger partial charge in [0.15, 0.2) is 0 Å². The molecule has 1 atom stereocenters. The average Bonchev–Trinajstić information content (AvgIpc) is 2.73. The molecule has 0 spiro atoms. The van der Waals surface area contributed by atoms with E-state index in [9.17, 15) is 4.79 Å². The van der Waals surface area contributed by atoms with E-state index in [1.165, 1.54) is 0 Å². The van der Waals surface area contributed by atoms with Gasteiger partial charge in [-0.25, -0.2) is 0 Å². The molecule has 0 saturated carbocycles. The van der Waals surface area contributed by atoms with E-state index in [1.807, 2.05) is 36.1 Å². The Kier molecular flexibility index (Phi) is 6.52. The summed E-state index contributed by atoms with van der Waals surface area (Å²) in [5.41, 5.74) is 3.13. The normalized spacial score (nSPS) is 16.7. The monoisotopic (exact) mass is 384 g/mol. The second-order valence-corrected chi connectivity index (χ2v) is 7.19. The molecule has 1 aliphatic heterocycles. The van der Waals surface area contributed by atoms with E-state index in [2.05, 4.69) is 4.98 Å². The zero-order valence-electron chi connectivity index (χ0n) is 17.0. The lowest BCUT2D eigenvalue weighted by molar-refractivity contribution is 0.0570. The lowest BCUT2D eigenvalue weighted by Crippen LogP contribution is -2.41. The van der Waals surface area contributed by atoms with Gasteiger partial charge in [0, 0.05) is 26.4 Å². The molecule has 1 amide bonds. The Bertz CT molecular complexity index is 793. The number of likely N-dealkylation sites (tertiary alicyclic amines) is 1. The fourth-order valence-electron chi connectivity index (χ4n) is 3.77. The number of aromatic nitrogens is 1. The summed E-state index contributed by atoms with van der Waals surface area (Å²) >= 11 is 0. The summed E-state index contributed by atoms with van der Waals surface area (Å²) in [4.78, 5) is 19.3. The Morgan fingerprint density at radius 1 is 1.18 bits per heavy atom. The van der Waals surface area contributed by atoms with Gasteiger partial charge >= 0.3 is 0 Å². The summed E-state index contributed by atoms with van der Waals surface area (Å²) in [5.74, 6) is 1.81. The van der Waals surface area contributed by atoms with E-state index >= 15 is 0 Å². The highest BCUT2D eigenvalue weighted by Gasteiger charge is 2.25. The first-order valence-corrected chi connectivity index (χ1v) is 9.54. The van der Waals surface area contributed by atoms with Crippen LogP contribution in [0.2, 0.25) is 0 Å². The zero-order chi connectivity index (χ0) is 20.1. The van der Waals surface area contributed by atoms with E-state index in [4.69, 9.17) is 14.2 Å². The molecule has 2 heterocycles. The molecule has 6 heteroatoms. The molecule has 150 valence electrons. The highest BCUT2D eigenvalue weighted by atomic mass is 16.5. The third-order valence-corrected chi connectivity index (χ3v) is 5.13. The number of pyridine rings is 1. The van der Waals surface area contributed by atoms with Crippen molar-refractivity contribution in [3.8, 4) is 22.8 Å². The number of ether oxygens (including phenoxy) is 3. The summed E-state index contributed by atoms with van der Waals surface area (Å²) < 4.78 is 16.3. The second kappa shape index (κ2) is 9.06. The molecule has 1 saturated heterocycles. The number of carbonyl (C=O) groups is 1. The highest BCUT2D eigenvalue weighted by Crippen LogP contribution is 2.38. The number of nitrogens with zero attached hydrogens (tertiary/aromatic N) is 2. The largest absolute Gasteiger partial charge is 0.496 e. The van der Waals surface area contributed by atoms with E-state index in [1.54, 1.807) is 27.5 Å². The van der Waals surface area contributed by atoms with Crippen molar-refractivity contribution >= 4 is 5.91 Å². The number of benzene rings is 1. The van der Waals surface area contributed by atoms with Crippen molar-refractivity contribution in [2.75, 3.05) is 41.0 Å². The van der Waals surface area contributed by atoms with E-state index in [-0.39, 0.29) is 5.91 Å². The van der Waals surface area contributed by atoms with Gasteiger partial charge in [0.2, 0.25) is 0 Å². The number of methoxy groups -OCH3 is 3. The molecule has 6 nitrogen and oxygen atoms in total. The Balaban J connectivity index is 1.83. The Morgan fingerprint density at radius 2 is 1.89 bits per heavy atom. The summed E-state index contributed by atoms with van der Waals surface area (Å²) in [7, 11) is 4.96. The second-order valence-electron chi connectivity index (χ2n) is 7.19. The third kappa shape index (κ3) is 4.28. The van der Waals surface area contributed by atoms with Crippen LogP contribution in [0.15, 0.2) is 30.5 Å². The quantitative estimate of drug-likeness (QED) is 0.762. The van der Waals surface area contributed by atoms with Crippen LogP contribution >= 0.6 is 0 Å². The summed E-state index contributed by atoms with van der Waals surface area (Å²) in [6.07, 6.45) is 3.74. The molecular weight excluding hydrogens is 356 g/mol. The van der Waals surface area contributed by atoms with Crippen molar-refractivity contribution in [3.63, 3.8) is 0 Å². The predicted molar refractivity (Wildman–Crippen MR) is 108 cm³/mol. The minimum Gasteiger partial charge on any atom is -0.496 e. The van der Waals surface area contributed by atoms with Crippen LogP contribution < -0.4 is 9.47 Å². The molecule has 1 aromatic heterocycles. The number of hydrogen-bond acceptors (Lipinski definition) is 5. The molecule has 28 heavy (non-hydrogen) atoms. The van der Waals surface area contributed by atoms with Crippen molar-refractivity contribution in [1.82, 2.24) is 9.88 Å². The molecule has 1 unspecified atom stereocenters. The summed E-state index contributed by atoms with van der Waals surface area (Å²) in [6.45, 7) is 4.18. The van der Waals surface area contributed by atoms with Crippen molar-refractivity contribution in [2.45, 2.75) is 19.8 Å². The number of piperidine rings is 1. The molecule has 0 bridgehead atoms. The van der Waals surface area contributed by atoms with Crippen LogP contribution in [0.25, 0.3) is 11.3 Å². The Morgan fingerprint density at radius 3 is 2.46 bits per heavy atom. The minimum absolute atomic E-state index is 0.0164. The topological polar surface area (TPSA) is 60.9 Å². The van der Waals surface area contributed by atoms with Gasteiger partial charge in [-0.2, -0.15) is 0 Å². The smallest absolute Gasteiger partial charge is 0.255 e. The van der Waals surface area contributed by atoms with Crippen LogP contribution in [0.1, 0.15) is 28.8 Å². The van der Waals surface area contributed by atoms with Gasteiger partial charge in [-0.1, -0.05) is 0 Å². The lowest BCUT2D eigenvalue weighted by Gasteiger charge is -2.32. The average molecular weight is 384 g/mol. The number of aryl methyl sites for hydroxylation is 1. The molecular formula is C22H28N2O4. The molecule has 0 N–H and O–H groups in total. The Labute approximate surface area is 166 Å². The van der Waals surface area contributed by atoms with Crippen molar-refractivity contribution in [1.29, 1.82) is 0 Å². The molecule has 1 aromatic carbocycles. The number of hydrogen-bond donors (Lipinski definition) is 0. The first kappa shape index (κ1) is 20.1. The van der Waals surface area contributed by atoms with Crippen LogP contribution in [0.4, 0.5) is 0 Å². The maximum absolute atomic E-state index is 12.9. The van der Waals surface area contributed by atoms with Gasteiger partial charge in [0.25, 0.3) is 5.91 Å². The highest BCUT2D eigenvalue weighted by molar-refractivity contribution is 5.94. The number of amides is 1. The van der Waals surface area contributed by atoms with Crippen LogP contribution in [-0.4, -0.2) is 56.8 Å². The van der Waals surface area contributed by atoms with Crippen molar-refractivity contribution < 1.29 is 19.0 Å². The van der Waals surface area contributed by atoms with E-state index in [0.717, 1.165) is 37.1 Å².